The Morgan fingerprint density at radius 2 is 1.04 bits per heavy atom. The lowest BCUT2D eigenvalue weighted by Crippen LogP contribution is -2.68. The maximum absolute atomic E-state index is 14.8. The lowest BCUT2D eigenvalue weighted by atomic mass is 9.41. The first-order valence-corrected chi connectivity index (χ1v) is 26.3. The molecule has 5 heterocycles. The predicted molar refractivity (Wildman–Crippen MR) is 246 cm³/mol. The van der Waals surface area contributed by atoms with E-state index in [9.17, 15) is 86.5 Å². The number of aliphatic hydroxyl groups is 16. The number of esters is 1. The number of rotatable bonds is 14. The number of ether oxygens (including phenoxy) is 10. The molecule has 9 aliphatic rings. The zero-order valence-corrected chi connectivity index (χ0v) is 42.3. The van der Waals surface area contributed by atoms with Crippen LogP contribution < -0.4 is 0 Å². The maximum atomic E-state index is 14.8. The summed E-state index contributed by atoms with van der Waals surface area (Å²) < 4.78 is 60.2. The zero-order valence-electron chi connectivity index (χ0n) is 42.3. The van der Waals surface area contributed by atoms with E-state index in [0.29, 0.717) is 56.9 Å². The van der Waals surface area contributed by atoms with Gasteiger partial charge in [-0.25, -0.2) is 0 Å². The highest BCUT2D eigenvalue weighted by Gasteiger charge is 2.70. The molecule has 4 aliphatic carbocycles. The van der Waals surface area contributed by atoms with Crippen LogP contribution in [0.1, 0.15) is 71.6 Å². The van der Waals surface area contributed by atoms with E-state index in [4.69, 9.17) is 47.4 Å². The van der Waals surface area contributed by atoms with Gasteiger partial charge in [0.2, 0.25) is 6.29 Å². The largest absolute Gasteiger partial charge is 0.432 e. The first-order valence-electron chi connectivity index (χ1n) is 26.3. The van der Waals surface area contributed by atoms with E-state index in [1.807, 2.05) is 6.92 Å². The average Bonchev–Trinajstić information content (AvgIpc) is 3.71. The van der Waals surface area contributed by atoms with Gasteiger partial charge in [-0.2, -0.15) is 0 Å². The topological polar surface area (TPSA) is 433 Å². The summed E-state index contributed by atoms with van der Waals surface area (Å²) in [6, 6.07) is 0. The normalized spacial score (nSPS) is 54.6. The summed E-state index contributed by atoms with van der Waals surface area (Å²) >= 11 is 0. The smallest absolute Gasteiger partial charge is 0.314 e. The Morgan fingerprint density at radius 1 is 0.539 bits per heavy atom. The van der Waals surface area contributed by atoms with Crippen molar-refractivity contribution in [1.29, 1.82) is 0 Å². The predicted octanol–water partition coefficient (Wildman–Crippen LogP) is -6.65. The molecule has 76 heavy (non-hydrogen) atoms. The van der Waals surface area contributed by atoms with Crippen molar-refractivity contribution in [3.8, 4) is 0 Å². The summed E-state index contributed by atoms with van der Waals surface area (Å²) in [5, 5.41) is 170. The van der Waals surface area contributed by atoms with Gasteiger partial charge in [-0.15, -0.1) is 0 Å². The van der Waals surface area contributed by atoms with Gasteiger partial charge >= 0.3 is 5.97 Å². The Kier molecular flexibility index (Phi) is 17.4. The van der Waals surface area contributed by atoms with Crippen molar-refractivity contribution in [1.82, 2.24) is 0 Å². The van der Waals surface area contributed by atoms with Crippen LogP contribution in [0.5, 0.6) is 0 Å². The van der Waals surface area contributed by atoms with E-state index in [1.165, 1.54) is 0 Å². The van der Waals surface area contributed by atoms with Gasteiger partial charge in [0.1, 0.15) is 110 Å². The lowest BCUT2D eigenvalue weighted by molar-refractivity contribution is -0.400. The standard InChI is InChI=1S/C49H78O27/c1-18-11-48-9-5-24-46(2,7-4-8-47(24,3)45(66)75-43-38(33(62)29(58)22(14-52)70-43)73-40-34(63)26(55)19(54)16-67-40)25(48)6-10-49(18,17-48)76-44-39(74-42-36(65)32(61)28(57)21(13-51)69-42)37(30(59)23(15-53)71-44)72-41-35(64)31(60)27(56)20(12-50)68-41/h19-44,50-65H,1,4-17H2,2-3H3/t19-,20?,21+,22?,23?,24?,25+,26?,27-,28-,29-,30-,31+,32?,33+,34?,35?,36?,37+,38?,39?,40-,41+,42+,43+,44+,46-,47-,48-,49?/m1/s1. The van der Waals surface area contributed by atoms with Gasteiger partial charge in [-0.3, -0.25) is 4.79 Å². The molecular formula is C49H78O27. The van der Waals surface area contributed by atoms with Gasteiger partial charge < -0.3 is 129 Å². The molecule has 1 spiro atoms. The van der Waals surface area contributed by atoms with E-state index >= 15 is 0 Å². The minimum Gasteiger partial charge on any atom is -0.432 e. The SMILES string of the molecule is C=C1C[C@@]23CCC4[C@](C)(C(=O)O[C@@H]5OC(CO)[C@@H](O)[C@H](O)C5O[C@H]5OC[C@@H](O)C(O)C5O)CCC[C@@]4(C)[C@@H]2CCC1(O[C@@H]1OC(CO)[C@@H](O)[C@H](O[C@@H]2OC(CO)[C@@H](O)[C@H](O)C2O)C1O[C@@H]1O[C@@H](CO)[C@@H](O)C(O)C1O)C3. The number of fused-ring (bicyclic) bond motifs is 3. The van der Waals surface area contributed by atoms with E-state index < -0.39 is 208 Å². The Labute approximate surface area is 437 Å². The number of aliphatic hydroxyl groups excluding tert-OH is 16. The van der Waals surface area contributed by atoms with Crippen molar-refractivity contribution in [2.24, 2.45) is 28.1 Å². The zero-order chi connectivity index (χ0) is 55.1. The number of carbonyl (C=O) groups excluding carboxylic acids is 1. The molecule has 27 nitrogen and oxygen atoms in total. The minimum atomic E-state index is -1.98. The van der Waals surface area contributed by atoms with Crippen molar-refractivity contribution in [2.75, 3.05) is 33.0 Å². The first kappa shape index (κ1) is 58.9. The molecule has 5 saturated heterocycles. The maximum Gasteiger partial charge on any atom is 0.314 e. The number of hydrogen-bond donors (Lipinski definition) is 16. The summed E-state index contributed by atoms with van der Waals surface area (Å²) in [7, 11) is 0. The van der Waals surface area contributed by atoms with Crippen LogP contribution >= 0.6 is 0 Å². The van der Waals surface area contributed by atoms with Crippen molar-refractivity contribution in [3.05, 3.63) is 12.2 Å². The summed E-state index contributed by atoms with van der Waals surface area (Å²) in [6.45, 7) is 4.76. The van der Waals surface area contributed by atoms with Crippen molar-refractivity contribution >= 4 is 5.97 Å². The van der Waals surface area contributed by atoms with Crippen LogP contribution in [0.25, 0.3) is 0 Å². The molecule has 0 radical (unpaired) electrons. The summed E-state index contributed by atoms with van der Waals surface area (Å²) in [5.41, 5.74) is -2.69. The quantitative estimate of drug-likeness (QED) is 0.0437. The first-order chi connectivity index (χ1) is 35.9. The Hall–Kier alpha value is -1.79. The number of hydrogen-bond acceptors (Lipinski definition) is 27. The highest BCUT2D eigenvalue weighted by Crippen LogP contribution is 2.74. The van der Waals surface area contributed by atoms with Crippen molar-refractivity contribution in [2.45, 2.75) is 225 Å². The van der Waals surface area contributed by atoms with Gasteiger partial charge in [-0.1, -0.05) is 19.9 Å². The Morgan fingerprint density at radius 3 is 1.63 bits per heavy atom. The molecule has 0 amide bonds. The van der Waals surface area contributed by atoms with E-state index in [0.717, 1.165) is 6.42 Å². The van der Waals surface area contributed by atoms with Crippen LogP contribution in [-0.4, -0.2) is 274 Å². The van der Waals surface area contributed by atoms with Crippen LogP contribution in [0.15, 0.2) is 12.2 Å². The number of carbonyl (C=O) groups is 1. The third-order valence-corrected chi connectivity index (χ3v) is 18.8. The second kappa shape index (κ2) is 22.5. The van der Waals surface area contributed by atoms with Crippen molar-refractivity contribution < 1.29 is 134 Å². The average molecular weight is 1100 g/mol. The Bertz CT molecular complexity index is 2020. The molecule has 9 rings (SSSR count). The summed E-state index contributed by atoms with van der Waals surface area (Å²) in [4.78, 5) is 14.8. The van der Waals surface area contributed by atoms with Gasteiger partial charge in [0, 0.05) is 0 Å². The molecule has 4 saturated carbocycles. The van der Waals surface area contributed by atoms with Gasteiger partial charge in [0.25, 0.3) is 0 Å². The Balaban J connectivity index is 0.969. The van der Waals surface area contributed by atoms with E-state index in [1.54, 1.807) is 0 Å². The van der Waals surface area contributed by atoms with Crippen LogP contribution in [0.2, 0.25) is 0 Å². The van der Waals surface area contributed by atoms with Crippen LogP contribution in [0, 0.1) is 28.1 Å². The molecule has 27 heteroatoms. The summed E-state index contributed by atoms with van der Waals surface area (Å²) in [6.07, 6.45) is -37.1. The molecule has 12 unspecified atom stereocenters. The molecule has 0 aromatic heterocycles. The molecule has 0 aromatic rings. The lowest BCUT2D eigenvalue weighted by Gasteiger charge is -2.64. The molecule has 436 valence electrons. The molecule has 30 atom stereocenters. The van der Waals surface area contributed by atoms with E-state index in [2.05, 4.69) is 13.5 Å². The molecule has 0 aromatic carbocycles. The molecule has 9 fully saturated rings. The van der Waals surface area contributed by atoms with Gasteiger partial charge in [0.15, 0.2) is 31.3 Å². The van der Waals surface area contributed by atoms with E-state index in [-0.39, 0.29) is 11.8 Å². The summed E-state index contributed by atoms with van der Waals surface area (Å²) in [5.74, 6) is -1.05. The fourth-order valence-electron chi connectivity index (χ4n) is 14.7. The molecular weight excluding hydrogens is 1020 g/mol. The van der Waals surface area contributed by atoms with Crippen molar-refractivity contribution in [3.63, 3.8) is 0 Å². The highest BCUT2D eigenvalue weighted by molar-refractivity contribution is 5.77. The van der Waals surface area contributed by atoms with Gasteiger partial charge in [-0.05, 0) is 86.5 Å². The third kappa shape index (κ3) is 10.0. The monoisotopic (exact) mass is 1100 g/mol. The van der Waals surface area contributed by atoms with Crippen LogP contribution in [-0.2, 0) is 52.2 Å². The molecule has 5 aliphatic heterocycles. The van der Waals surface area contributed by atoms with Crippen LogP contribution in [0.3, 0.4) is 0 Å². The minimum absolute atomic E-state index is 0.0469. The second-order valence-corrected chi connectivity index (χ2v) is 23.2. The van der Waals surface area contributed by atoms with Crippen LogP contribution in [0.4, 0.5) is 0 Å². The fourth-order valence-corrected chi connectivity index (χ4v) is 14.7. The molecule has 16 N–H and O–H groups in total. The second-order valence-electron chi connectivity index (χ2n) is 23.2. The third-order valence-electron chi connectivity index (χ3n) is 18.8. The fraction of sp³-hybridized carbons (Fsp3) is 0.939. The van der Waals surface area contributed by atoms with Gasteiger partial charge in [0.05, 0.1) is 44.1 Å². The molecule has 2 bridgehead atoms. The highest BCUT2D eigenvalue weighted by atomic mass is 16.8.